The number of nitrogens with zero attached hydrogens (tertiary/aromatic N) is 2. The number of hydrogen-bond acceptors (Lipinski definition) is 4. The predicted octanol–water partition coefficient (Wildman–Crippen LogP) is 1.39. The average Bonchev–Trinajstić information content (AvgIpc) is 1.60. The summed E-state index contributed by atoms with van der Waals surface area (Å²) < 4.78 is 6.22. The van der Waals surface area contributed by atoms with E-state index in [1.165, 1.54) is 6.42 Å². The summed E-state index contributed by atoms with van der Waals surface area (Å²) in [4.78, 5) is 0. The molecule has 0 atom stereocenters. The summed E-state index contributed by atoms with van der Waals surface area (Å²) in [6.07, 6.45) is 1.27. The molecule has 0 aromatic rings. The minimum atomic E-state index is 0. The lowest BCUT2D eigenvalue weighted by molar-refractivity contribution is 0.0257. The lowest BCUT2D eigenvalue weighted by atomic mass is 10.3. The largest absolute Gasteiger partial charge is 0.230 e. The molecule has 0 amide bonds. The molecular formula is C4H11ClN2OS2. The van der Waals surface area contributed by atoms with Crippen molar-refractivity contribution in [3.63, 3.8) is 0 Å². The van der Waals surface area contributed by atoms with Crippen molar-refractivity contribution in [1.29, 1.82) is 0 Å². The number of rotatable bonds is 3. The minimum absolute atomic E-state index is 0. The van der Waals surface area contributed by atoms with Crippen LogP contribution in [0.3, 0.4) is 0 Å². The Hall–Kier alpha value is 0.870. The van der Waals surface area contributed by atoms with Crippen LogP contribution in [-0.2, 0) is 3.74 Å². The molecule has 1 aliphatic heterocycles. The zero-order chi connectivity index (χ0) is 6.69. The van der Waals surface area contributed by atoms with Crippen molar-refractivity contribution in [2.75, 3.05) is 20.1 Å². The molecule has 0 saturated carbocycles. The quantitative estimate of drug-likeness (QED) is 0.508. The third-order valence-electron chi connectivity index (χ3n) is 1.37. The van der Waals surface area contributed by atoms with Gasteiger partial charge in [-0.1, -0.05) is 0 Å². The van der Waals surface area contributed by atoms with Gasteiger partial charge >= 0.3 is 0 Å². The van der Waals surface area contributed by atoms with Gasteiger partial charge in [0.05, 0.1) is 11.9 Å². The van der Waals surface area contributed by atoms with Gasteiger partial charge in [0, 0.05) is 20.1 Å². The van der Waals surface area contributed by atoms with Crippen molar-refractivity contribution in [3.8, 4) is 0 Å². The van der Waals surface area contributed by atoms with Crippen LogP contribution in [0.15, 0.2) is 0 Å². The molecule has 0 aromatic carbocycles. The Labute approximate surface area is 77.6 Å². The molecule has 3 nitrogen and oxygen atoms in total. The van der Waals surface area contributed by atoms with Crippen molar-refractivity contribution < 1.29 is 3.74 Å². The Balaban J connectivity index is 0.000000810. The first-order chi connectivity index (χ1) is 4.34. The second kappa shape index (κ2) is 5.51. The number of hydrogen-bond donors (Lipinski definition) is 0. The van der Waals surface area contributed by atoms with E-state index >= 15 is 0 Å². The second-order valence-electron chi connectivity index (χ2n) is 1.91. The molecule has 10 heavy (non-hydrogen) atoms. The molecule has 0 spiro atoms. The fourth-order valence-corrected chi connectivity index (χ4v) is 1.25. The van der Waals surface area contributed by atoms with E-state index in [1.807, 2.05) is 11.5 Å². The van der Waals surface area contributed by atoms with Gasteiger partial charge in [0.2, 0.25) is 0 Å². The highest BCUT2D eigenvalue weighted by atomic mass is 35.5. The zero-order valence-electron chi connectivity index (χ0n) is 5.71. The Bertz CT molecular complexity index is 93.3. The van der Waals surface area contributed by atoms with Gasteiger partial charge in [-0.25, -0.2) is 5.01 Å². The maximum Gasteiger partial charge on any atom is 0.119 e. The van der Waals surface area contributed by atoms with E-state index in [-0.39, 0.29) is 13.5 Å². The smallest absolute Gasteiger partial charge is 0.119 e. The molecule has 1 heterocycles. The molecule has 62 valence electrons. The van der Waals surface area contributed by atoms with Crippen LogP contribution >= 0.6 is 37.6 Å². The van der Waals surface area contributed by atoms with Crippen molar-refractivity contribution in [3.05, 3.63) is 0 Å². The van der Waals surface area contributed by atoms with E-state index in [0.717, 1.165) is 25.3 Å². The van der Waals surface area contributed by atoms with E-state index in [0.29, 0.717) is 0 Å². The summed E-state index contributed by atoms with van der Waals surface area (Å²) in [7, 11) is 1.92. The summed E-state index contributed by atoms with van der Waals surface area (Å²) in [5, 5.41) is 2.15. The molecule has 1 fully saturated rings. The average molecular weight is 203 g/mol. The Morgan fingerprint density at radius 3 is 2.50 bits per heavy atom. The van der Waals surface area contributed by atoms with Crippen LogP contribution in [0, 0.1) is 0 Å². The predicted molar refractivity (Wildman–Crippen MR) is 48.9 cm³/mol. The molecular weight excluding hydrogens is 192 g/mol. The van der Waals surface area contributed by atoms with Crippen LogP contribution < -0.4 is 0 Å². The first kappa shape index (κ1) is 10.9. The Morgan fingerprint density at radius 1 is 1.60 bits per heavy atom. The highest BCUT2D eigenvalue weighted by molar-refractivity contribution is 7.92. The highest BCUT2D eigenvalue weighted by Crippen LogP contribution is 2.18. The summed E-state index contributed by atoms with van der Waals surface area (Å²) in [5.74, 6) is 0. The van der Waals surface area contributed by atoms with Crippen LogP contribution in [0.4, 0.5) is 0 Å². The third-order valence-corrected chi connectivity index (χ3v) is 2.04. The zero-order valence-corrected chi connectivity index (χ0v) is 8.28. The lowest BCUT2D eigenvalue weighted by Crippen LogP contribution is -2.45. The first-order valence-corrected chi connectivity index (χ1v) is 3.79. The molecule has 1 saturated heterocycles. The van der Waals surface area contributed by atoms with Crippen molar-refractivity contribution in [2.24, 2.45) is 0 Å². The molecule has 0 bridgehead atoms. The van der Waals surface area contributed by atoms with Crippen molar-refractivity contribution in [1.82, 2.24) is 9.42 Å². The van der Waals surface area contributed by atoms with Gasteiger partial charge in [-0.2, -0.15) is 21.6 Å². The summed E-state index contributed by atoms with van der Waals surface area (Å²) >= 11 is 6.16. The van der Waals surface area contributed by atoms with Gasteiger partial charge in [-0.15, -0.1) is 0 Å². The maximum absolute atomic E-state index is 5.02. The normalized spacial score (nSPS) is 18.3. The lowest BCUT2D eigenvalue weighted by Gasteiger charge is -2.35. The van der Waals surface area contributed by atoms with Gasteiger partial charge < -0.3 is 0 Å². The van der Waals surface area contributed by atoms with Gasteiger partial charge in [-0.05, 0) is 6.42 Å². The van der Waals surface area contributed by atoms with Crippen molar-refractivity contribution in [2.45, 2.75) is 6.42 Å². The fourth-order valence-electron chi connectivity index (χ4n) is 0.669. The summed E-state index contributed by atoms with van der Waals surface area (Å²) in [6, 6.07) is 0. The Morgan fingerprint density at radius 2 is 2.20 bits per heavy atom. The second-order valence-corrected chi connectivity index (χ2v) is 3.09. The standard InChI is InChI=1S/C4H9ClN2OS.H2S/c1-6(9-8-5)7-3-2-4-7;/h2-4H2,1H3;1H2. The highest BCUT2D eigenvalue weighted by Gasteiger charge is 2.18. The molecule has 1 rings (SSSR count). The van der Waals surface area contributed by atoms with E-state index in [4.69, 9.17) is 11.9 Å². The van der Waals surface area contributed by atoms with E-state index in [2.05, 4.69) is 8.74 Å². The van der Waals surface area contributed by atoms with Crippen LogP contribution in [0.25, 0.3) is 0 Å². The van der Waals surface area contributed by atoms with Gasteiger partial charge in [0.25, 0.3) is 0 Å². The molecule has 0 aromatic heterocycles. The molecule has 1 aliphatic rings. The SMILES string of the molecule is CN(SOCl)N1CCC1.S. The van der Waals surface area contributed by atoms with E-state index in [9.17, 15) is 0 Å². The van der Waals surface area contributed by atoms with Gasteiger partial charge in [0.15, 0.2) is 0 Å². The fraction of sp³-hybridized carbons (Fsp3) is 1.00. The molecule has 0 radical (unpaired) electrons. The monoisotopic (exact) mass is 202 g/mol. The molecule has 6 heteroatoms. The Kier molecular flexibility index (Phi) is 5.99. The summed E-state index contributed by atoms with van der Waals surface area (Å²) in [5.41, 5.74) is 0. The van der Waals surface area contributed by atoms with Crippen LogP contribution in [0.1, 0.15) is 6.42 Å². The van der Waals surface area contributed by atoms with Gasteiger partial charge in [-0.3, -0.25) is 0 Å². The minimum Gasteiger partial charge on any atom is -0.230 e. The number of hydrazine groups is 1. The van der Waals surface area contributed by atoms with Crippen molar-refractivity contribution >= 4 is 37.6 Å². The molecule has 0 aliphatic carbocycles. The first-order valence-electron chi connectivity index (χ1n) is 2.78. The topological polar surface area (TPSA) is 15.7 Å². The van der Waals surface area contributed by atoms with Crippen LogP contribution in [0.2, 0.25) is 0 Å². The summed E-state index contributed by atoms with van der Waals surface area (Å²) in [6.45, 7) is 2.23. The number of halogens is 1. The molecule has 0 unspecified atom stereocenters. The molecule has 0 N–H and O–H groups in total. The van der Waals surface area contributed by atoms with Crippen LogP contribution in [0.5, 0.6) is 0 Å². The van der Waals surface area contributed by atoms with Crippen LogP contribution in [-0.4, -0.2) is 29.6 Å². The van der Waals surface area contributed by atoms with Gasteiger partial charge in [0.1, 0.15) is 12.2 Å². The maximum atomic E-state index is 5.02. The third kappa shape index (κ3) is 2.86. The van der Waals surface area contributed by atoms with E-state index < -0.39 is 0 Å². The van der Waals surface area contributed by atoms with E-state index in [1.54, 1.807) is 0 Å².